The summed E-state index contributed by atoms with van der Waals surface area (Å²) in [6.45, 7) is 2.53. The summed E-state index contributed by atoms with van der Waals surface area (Å²) in [4.78, 5) is 6.33. The molecule has 0 aromatic carbocycles. The Hall–Kier alpha value is -1.16. The second kappa shape index (κ2) is 5.25. The predicted molar refractivity (Wildman–Crippen MR) is 60.2 cm³/mol. The molecule has 0 aliphatic carbocycles. The van der Waals surface area contributed by atoms with Crippen LogP contribution in [0.5, 0.6) is 5.88 Å². The quantitative estimate of drug-likeness (QED) is 0.785. The SMILES string of the molecule is COc1cc(CN2CCC(F)CC2)ccn1. The predicted octanol–water partition coefficient (Wildman–Crippen LogP) is 2.02. The third-order valence-electron chi connectivity index (χ3n) is 2.93. The average molecular weight is 224 g/mol. The summed E-state index contributed by atoms with van der Waals surface area (Å²) < 4.78 is 18.0. The number of nitrogens with zero attached hydrogens (tertiary/aromatic N) is 2. The van der Waals surface area contributed by atoms with Crippen LogP contribution in [0.25, 0.3) is 0 Å². The molecule has 4 heteroatoms. The van der Waals surface area contributed by atoms with Gasteiger partial charge in [-0.1, -0.05) is 0 Å². The van der Waals surface area contributed by atoms with E-state index in [0.717, 1.165) is 19.6 Å². The minimum absolute atomic E-state index is 0.608. The van der Waals surface area contributed by atoms with Crippen molar-refractivity contribution in [3.8, 4) is 5.88 Å². The lowest BCUT2D eigenvalue weighted by Crippen LogP contribution is -2.33. The molecule has 1 aromatic heterocycles. The van der Waals surface area contributed by atoms with Gasteiger partial charge in [0.05, 0.1) is 7.11 Å². The lowest BCUT2D eigenvalue weighted by atomic mass is 10.1. The van der Waals surface area contributed by atoms with Crippen molar-refractivity contribution < 1.29 is 9.13 Å². The van der Waals surface area contributed by atoms with Gasteiger partial charge in [-0.3, -0.25) is 4.90 Å². The highest BCUT2D eigenvalue weighted by molar-refractivity contribution is 5.20. The maximum Gasteiger partial charge on any atom is 0.213 e. The number of hydrogen-bond acceptors (Lipinski definition) is 3. The molecule has 2 rings (SSSR count). The third-order valence-corrected chi connectivity index (χ3v) is 2.93. The first-order valence-electron chi connectivity index (χ1n) is 5.63. The minimum atomic E-state index is -0.608. The first kappa shape index (κ1) is 11.3. The second-order valence-electron chi connectivity index (χ2n) is 4.16. The van der Waals surface area contributed by atoms with E-state index in [-0.39, 0.29) is 0 Å². The van der Waals surface area contributed by atoms with E-state index in [1.165, 1.54) is 5.56 Å². The van der Waals surface area contributed by atoms with Crippen LogP contribution in [0.3, 0.4) is 0 Å². The highest BCUT2D eigenvalue weighted by atomic mass is 19.1. The molecule has 1 aliphatic heterocycles. The number of ether oxygens (including phenoxy) is 1. The smallest absolute Gasteiger partial charge is 0.213 e. The third kappa shape index (κ3) is 2.92. The molecule has 1 saturated heterocycles. The van der Waals surface area contributed by atoms with Crippen molar-refractivity contribution in [3.63, 3.8) is 0 Å². The van der Waals surface area contributed by atoms with Crippen molar-refractivity contribution in [1.29, 1.82) is 0 Å². The monoisotopic (exact) mass is 224 g/mol. The molecule has 1 fully saturated rings. The number of hydrogen-bond donors (Lipinski definition) is 0. The fraction of sp³-hybridized carbons (Fsp3) is 0.583. The van der Waals surface area contributed by atoms with Crippen LogP contribution >= 0.6 is 0 Å². The molecular weight excluding hydrogens is 207 g/mol. The molecule has 0 N–H and O–H groups in total. The summed E-state index contributed by atoms with van der Waals surface area (Å²) in [5, 5.41) is 0. The Morgan fingerprint density at radius 2 is 2.25 bits per heavy atom. The number of alkyl halides is 1. The fourth-order valence-electron chi connectivity index (χ4n) is 1.98. The topological polar surface area (TPSA) is 25.4 Å². The van der Waals surface area contributed by atoms with Crippen LogP contribution in [-0.4, -0.2) is 36.3 Å². The summed E-state index contributed by atoms with van der Waals surface area (Å²) in [5.41, 5.74) is 1.17. The summed E-state index contributed by atoms with van der Waals surface area (Å²) in [6.07, 6.45) is 2.45. The number of halogens is 1. The van der Waals surface area contributed by atoms with Gasteiger partial charge < -0.3 is 4.74 Å². The van der Waals surface area contributed by atoms with E-state index in [0.29, 0.717) is 18.7 Å². The Kier molecular flexibility index (Phi) is 3.72. The van der Waals surface area contributed by atoms with Crippen molar-refractivity contribution in [2.45, 2.75) is 25.6 Å². The van der Waals surface area contributed by atoms with Crippen LogP contribution < -0.4 is 4.74 Å². The number of aromatic nitrogens is 1. The highest BCUT2D eigenvalue weighted by Gasteiger charge is 2.18. The molecule has 1 aliphatic rings. The van der Waals surface area contributed by atoms with Gasteiger partial charge >= 0.3 is 0 Å². The van der Waals surface area contributed by atoms with E-state index in [1.54, 1.807) is 13.3 Å². The standard InChI is InChI=1S/C12H17FN2O/c1-16-12-8-10(2-5-14-12)9-15-6-3-11(13)4-7-15/h2,5,8,11H,3-4,6-7,9H2,1H3. The molecule has 0 bridgehead atoms. The number of likely N-dealkylation sites (tertiary alicyclic amines) is 1. The van der Waals surface area contributed by atoms with Gasteiger partial charge in [0, 0.05) is 31.9 Å². The van der Waals surface area contributed by atoms with E-state index in [1.807, 2.05) is 12.1 Å². The fourth-order valence-corrected chi connectivity index (χ4v) is 1.98. The Morgan fingerprint density at radius 3 is 2.94 bits per heavy atom. The Balaban J connectivity index is 1.93. The van der Waals surface area contributed by atoms with Gasteiger partial charge in [-0.05, 0) is 24.5 Å². The Morgan fingerprint density at radius 1 is 1.50 bits per heavy atom. The van der Waals surface area contributed by atoms with Crippen LogP contribution in [-0.2, 0) is 6.54 Å². The van der Waals surface area contributed by atoms with Gasteiger partial charge in [0.25, 0.3) is 0 Å². The Labute approximate surface area is 95.2 Å². The zero-order valence-corrected chi connectivity index (χ0v) is 9.53. The normalized spacial score (nSPS) is 18.6. The second-order valence-corrected chi connectivity index (χ2v) is 4.16. The molecule has 0 amide bonds. The van der Waals surface area contributed by atoms with Crippen LogP contribution in [0.2, 0.25) is 0 Å². The first-order valence-corrected chi connectivity index (χ1v) is 5.63. The van der Waals surface area contributed by atoms with Crippen LogP contribution in [0.1, 0.15) is 18.4 Å². The molecular formula is C12H17FN2O. The average Bonchev–Trinajstić information content (AvgIpc) is 2.32. The van der Waals surface area contributed by atoms with E-state index < -0.39 is 6.17 Å². The van der Waals surface area contributed by atoms with Gasteiger partial charge in [0.1, 0.15) is 6.17 Å². The molecule has 1 aromatic rings. The van der Waals surface area contributed by atoms with Gasteiger partial charge in [-0.2, -0.15) is 0 Å². The molecule has 88 valence electrons. The van der Waals surface area contributed by atoms with Gasteiger partial charge in [0.2, 0.25) is 5.88 Å². The van der Waals surface area contributed by atoms with Crippen LogP contribution in [0.15, 0.2) is 18.3 Å². The van der Waals surface area contributed by atoms with Crippen molar-refractivity contribution in [3.05, 3.63) is 23.9 Å². The van der Waals surface area contributed by atoms with E-state index in [4.69, 9.17) is 4.74 Å². The number of rotatable bonds is 3. The lowest BCUT2D eigenvalue weighted by molar-refractivity contribution is 0.145. The van der Waals surface area contributed by atoms with E-state index in [2.05, 4.69) is 9.88 Å². The molecule has 0 spiro atoms. The van der Waals surface area contributed by atoms with Gasteiger partial charge in [-0.25, -0.2) is 9.37 Å². The zero-order chi connectivity index (χ0) is 11.4. The maximum absolute atomic E-state index is 13.0. The minimum Gasteiger partial charge on any atom is -0.481 e. The van der Waals surface area contributed by atoms with Crippen LogP contribution in [0.4, 0.5) is 4.39 Å². The Bertz CT molecular complexity index is 338. The van der Waals surface area contributed by atoms with E-state index >= 15 is 0 Å². The molecule has 3 nitrogen and oxygen atoms in total. The summed E-state index contributed by atoms with van der Waals surface area (Å²) >= 11 is 0. The highest BCUT2D eigenvalue weighted by Crippen LogP contribution is 2.17. The van der Waals surface area contributed by atoms with Gasteiger partial charge in [-0.15, -0.1) is 0 Å². The van der Waals surface area contributed by atoms with Gasteiger partial charge in [0.15, 0.2) is 0 Å². The first-order chi connectivity index (χ1) is 7.78. The molecule has 16 heavy (non-hydrogen) atoms. The van der Waals surface area contributed by atoms with Crippen molar-refractivity contribution >= 4 is 0 Å². The molecule has 0 atom stereocenters. The number of piperidine rings is 1. The lowest BCUT2D eigenvalue weighted by Gasteiger charge is -2.28. The number of methoxy groups -OCH3 is 1. The zero-order valence-electron chi connectivity index (χ0n) is 9.53. The molecule has 0 unspecified atom stereocenters. The maximum atomic E-state index is 13.0. The number of pyridine rings is 1. The largest absolute Gasteiger partial charge is 0.481 e. The molecule has 0 saturated carbocycles. The summed E-state index contributed by atoms with van der Waals surface area (Å²) in [5.74, 6) is 0.637. The molecule has 2 heterocycles. The van der Waals surface area contributed by atoms with Crippen molar-refractivity contribution in [1.82, 2.24) is 9.88 Å². The van der Waals surface area contributed by atoms with Crippen molar-refractivity contribution in [2.24, 2.45) is 0 Å². The van der Waals surface area contributed by atoms with Crippen LogP contribution in [0, 0.1) is 0 Å². The summed E-state index contributed by atoms with van der Waals surface area (Å²) in [7, 11) is 1.61. The van der Waals surface area contributed by atoms with Crippen molar-refractivity contribution in [2.75, 3.05) is 20.2 Å². The molecule has 0 radical (unpaired) electrons. The summed E-state index contributed by atoms with van der Waals surface area (Å²) in [6, 6.07) is 3.91. The van der Waals surface area contributed by atoms with E-state index in [9.17, 15) is 4.39 Å².